The van der Waals surface area contributed by atoms with Crippen LogP contribution in [0.4, 0.5) is 0 Å². The number of nitrogens with two attached hydrogens (primary N) is 1. The molecular formula is C22H42NNa2O9P. The van der Waals surface area contributed by atoms with Gasteiger partial charge < -0.3 is 34.1 Å². The number of rotatable bonds is 6. The van der Waals surface area contributed by atoms with Gasteiger partial charge >= 0.3 is 71.1 Å². The number of carbonyl (C=O) groups is 3. The molecule has 0 aromatic carbocycles. The Bertz CT molecular complexity index is 1230. The molecule has 196 valence electrons. The van der Waals surface area contributed by atoms with E-state index < -0.39 is 39.1 Å². The number of hydrogen-bond donors (Lipinski definition) is 1. The minimum atomic E-state index is -5.36. The summed E-state index contributed by atoms with van der Waals surface area (Å²) in [5.41, 5.74) is 4.47. The average molecular weight is 542 g/mol. The van der Waals surface area contributed by atoms with Gasteiger partial charge in [-0.2, -0.15) is 0 Å². The summed E-state index contributed by atoms with van der Waals surface area (Å²) in [5, 5.41) is 0. The standard InChI is InChI=1S/C20H11O8P.C2H5NO.2Na.14H2/c1-3-5-7-9-11-13-15-20(22)28-18(17-27-29(23,24)25)16-26-19(21)14-12-10-8-6-4-2;1-2(3)4;;;;;;;;;;;;;;;;/h1,18H,16-17H2,2H3,(H2,23,24,25);1H3,(H2,3,4);;;14*1H/q;;2*+1;;;;;;;;;;;;;;/p-2/t18-;;;;;;;;;;;;;;;;;/m1................./s1. The van der Waals surface area contributed by atoms with E-state index in [1.54, 1.807) is 6.92 Å². The van der Waals surface area contributed by atoms with Gasteiger partial charge in [0.05, 0.1) is 14.4 Å². The minimum absolute atomic E-state index is 0. The van der Waals surface area contributed by atoms with Gasteiger partial charge in [-0.3, -0.25) is 4.79 Å². The molecule has 1 atom stereocenters. The third kappa shape index (κ3) is 36.2. The van der Waals surface area contributed by atoms with Gasteiger partial charge in [-0.15, -0.1) is 6.42 Å². The molecule has 0 heterocycles. The van der Waals surface area contributed by atoms with E-state index in [0.717, 1.165) is 0 Å². The molecule has 2 N–H and O–H groups in total. The van der Waals surface area contributed by atoms with Crippen LogP contribution in [0.25, 0.3) is 0 Å². The fourth-order valence-corrected chi connectivity index (χ4v) is 1.44. The van der Waals surface area contributed by atoms with Gasteiger partial charge in [0.15, 0.2) is 6.10 Å². The molecule has 0 aliphatic carbocycles. The van der Waals surface area contributed by atoms with Gasteiger partial charge in [0, 0.05) is 38.7 Å². The second-order valence-corrected chi connectivity index (χ2v) is 5.90. The summed E-state index contributed by atoms with van der Waals surface area (Å²) >= 11 is 0. The first-order chi connectivity index (χ1) is 15.5. The zero-order chi connectivity index (χ0) is 25.5. The fraction of sp³-hybridized carbons (Fsp3) is 0.227. The minimum Gasteiger partial charge on any atom is -0.790 e. The quantitative estimate of drug-likeness (QED) is 0.114. The van der Waals surface area contributed by atoms with Crippen molar-refractivity contribution in [2.45, 2.75) is 20.0 Å². The van der Waals surface area contributed by atoms with E-state index >= 15 is 0 Å². The van der Waals surface area contributed by atoms with Crippen LogP contribution in [-0.4, -0.2) is 37.2 Å². The maximum Gasteiger partial charge on any atom is 1.00 e. The number of primary amides is 1. The Kier molecular flexibility index (Phi) is 29.5. The molecule has 0 aromatic heterocycles. The molecule has 0 rings (SSSR count). The molecule has 0 fully saturated rings. The van der Waals surface area contributed by atoms with Crippen LogP contribution in [0.3, 0.4) is 0 Å². The van der Waals surface area contributed by atoms with Crippen LogP contribution in [0.2, 0.25) is 0 Å². The molecule has 0 aromatic rings. The summed E-state index contributed by atoms with van der Waals surface area (Å²) < 4.78 is 24.0. The maximum atomic E-state index is 11.6. The summed E-state index contributed by atoms with van der Waals surface area (Å²) in [5.74, 6) is 26.0. The number of esters is 2. The van der Waals surface area contributed by atoms with Crippen LogP contribution >= 0.6 is 7.82 Å². The molecule has 0 aliphatic rings. The van der Waals surface area contributed by atoms with Crippen molar-refractivity contribution >= 4 is 25.7 Å². The van der Waals surface area contributed by atoms with Crippen molar-refractivity contribution in [3.63, 3.8) is 0 Å². The molecule has 0 aliphatic heterocycles. The summed E-state index contributed by atoms with van der Waals surface area (Å²) in [6.45, 7) is 1.30. The molecule has 35 heavy (non-hydrogen) atoms. The average Bonchev–Trinajstić information content (AvgIpc) is 2.71. The Morgan fingerprint density at radius 1 is 0.914 bits per heavy atom. The van der Waals surface area contributed by atoms with E-state index in [1.165, 1.54) is 6.92 Å². The maximum absolute atomic E-state index is 11.6. The number of hydrogen-bond acceptors (Lipinski definition) is 9. The molecule has 0 spiro atoms. The van der Waals surface area contributed by atoms with E-state index in [2.05, 4.69) is 74.2 Å². The van der Waals surface area contributed by atoms with Gasteiger partial charge in [-0.05, 0) is 66.1 Å². The normalized spacial score (nSPS) is 8.09. The third-order valence-electron chi connectivity index (χ3n) is 2.06. The number of phosphoric ester groups is 1. The van der Waals surface area contributed by atoms with Crippen LogP contribution < -0.4 is 74.6 Å². The van der Waals surface area contributed by atoms with Crippen molar-refractivity contribution in [3.05, 3.63) is 0 Å². The summed E-state index contributed by atoms with van der Waals surface area (Å²) in [4.78, 5) is 53.4. The topological polar surface area (TPSA) is 168 Å². The molecule has 0 saturated heterocycles. The van der Waals surface area contributed by atoms with Crippen molar-refractivity contribution < 1.29 is 122 Å². The second kappa shape index (κ2) is 26.1. The smallest absolute Gasteiger partial charge is 0.790 e. The predicted molar refractivity (Wildman–Crippen MR) is 140 cm³/mol. The van der Waals surface area contributed by atoms with Crippen LogP contribution in [-0.2, 0) is 32.9 Å². The van der Waals surface area contributed by atoms with Crippen molar-refractivity contribution in [1.29, 1.82) is 0 Å². The van der Waals surface area contributed by atoms with E-state index in [-0.39, 0.29) is 85.0 Å². The third-order valence-corrected chi connectivity index (χ3v) is 2.52. The van der Waals surface area contributed by atoms with E-state index in [9.17, 15) is 28.7 Å². The number of carbonyl (C=O) groups excluding carboxylic acids is 3. The SMILES string of the molecule is C#CC#CC#CC#CC(=O)O[C@H](COC(=O)C#CC#CC#CC)COP(=O)([O-])[O-].CC(N)=O.[HH].[HH].[HH].[HH].[HH].[HH].[HH].[HH].[HH].[HH].[HH].[HH].[HH].[HH].[Na+].[Na+]. The second-order valence-electron chi connectivity index (χ2n) is 4.75. The molecule has 13 heteroatoms. The first-order valence-electron chi connectivity index (χ1n) is 8.21. The Morgan fingerprint density at radius 3 is 1.86 bits per heavy atom. The van der Waals surface area contributed by atoms with Crippen molar-refractivity contribution in [2.24, 2.45) is 5.73 Å². The van der Waals surface area contributed by atoms with Gasteiger partial charge in [0.25, 0.3) is 0 Å². The van der Waals surface area contributed by atoms with Crippen LogP contribution in [0.5, 0.6) is 0 Å². The molecule has 1 amide bonds. The molecule has 0 bridgehead atoms. The van der Waals surface area contributed by atoms with Gasteiger partial charge in [0.1, 0.15) is 6.61 Å². The number of amides is 1. The van der Waals surface area contributed by atoms with Crippen LogP contribution in [0.1, 0.15) is 33.8 Å². The van der Waals surface area contributed by atoms with Crippen molar-refractivity contribution in [2.75, 3.05) is 13.2 Å². The van der Waals surface area contributed by atoms with Gasteiger partial charge in [0.2, 0.25) is 5.91 Å². The monoisotopic (exact) mass is 541 g/mol. The molecule has 0 radical (unpaired) electrons. The largest absolute Gasteiger partial charge is 1.00 e. The first-order valence-corrected chi connectivity index (χ1v) is 9.67. The zero-order valence-corrected chi connectivity index (χ0v) is 24.2. The first kappa shape index (κ1) is 39.6. The summed E-state index contributed by atoms with van der Waals surface area (Å²) in [7, 11) is -5.36. The summed E-state index contributed by atoms with van der Waals surface area (Å²) in [6, 6.07) is 0. The molecule has 0 unspecified atom stereocenters. The Labute approximate surface area is 268 Å². The van der Waals surface area contributed by atoms with E-state index in [4.69, 9.17) is 11.2 Å². The molecular weight excluding hydrogens is 499 g/mol. The number of ether oxygens (including phenoxy) is 2. The Balaban J connectivity index is -0.0000000284. The van der Waals surface area contributed by atoms with E-state index in [0.29, 0.717) is 0 Å². The van der Waals surface area contributed by atoms with Crippen LogP contribution in [0.15, 0.2) is 0 Å². The fourth-order valence-electron chi connectivity index (χ4n) is 1.10. The number of terminal acetylenes is 1. The zero-order valence-electron chi connectivity index (χ0n) is 19.3. The number of phosphoric acid groups is 1. The van der Waals surface area contributed by atoms with Crippen molar-refractivity contribution in [1.82, 2.24) is 0 Å². The Morgan fingerprint density at radius 2 is 1.37 bits per heavy atom. The Hall–Kier alpha value is -2.56. The van der Waals surface area contributed by atoms with Crippen molar-refractivity contribution in [3.8, 4) is 83.4 Å². The molecule has 10 nitrogen and oxygen atoms in total. The van der Waals surface area contributed by atoms with E-state index in [1.807, 2.05) is 17.8 Å². The predicted octanol–water partition coefficient (Wildman–Crippen LogP) is -5.10. The van der Waals surface area contributed by atoms with Gasteiger partial charge in [-0.25, -0.2) is 9.59 Å². The van der Waals surface area contributed by atoms with Crippen LogP contribution in [0, 0.1) is 83.4 Å². The summed E-state index contributed by atoms with van der Waals surface area (Å²) in [6.07, 6.45) is 3.41. The molecule has 0 saturated carbocycles. The van der Waals surface area contributed by atoms with Gasteiger partial charge in [-0.1, -0.05) is 5.92 Å².